The molecule has 0 aromatic heterocycles. The smallest absolute Gasteiger partial charge is 1.00 e. The van der Waals surface area contributed by atoms with E-state index in [9.17, 15) is 0 Å². The van der Waals surface area contributed by atoms with Crippen LogP contribution in [0, 0.1) is 0 Å². The zero-order chi connectivity index (χ0) is 42.2. The number of benzene rings is 9. The van der Waals surface area contributed by atoms with Crippen molar-refractivity contribution in [2.75, 3.05) is 0 Å². The molecule has 0 aliphatic carbocycles. The van der Waals surface area contributed by atoms with E-state index in [-0.39, 0.29) is 102 Å². The van der Waals surface area contributed by atoms with Gasteiger partial charge in [0.2, 0.25) is 0 Å². The molecule has 12 aromatic rings. The topological polar surface area (TPSA) is 0 Å². The van der Waals surface area contributed by atoms with E-state index in [1.54, 1.807) is 0 Å². The summed E-state index contributed by atoms with van der Waals surface area (Å²) in [4.78, 5) is 0. The van der Waals surface area contributed by atoms with Gasteiger partial charge in [0.25, 0.3) is 0 Å². The molecule has 0 atom stereocenters. The van der Waals surface area contributed by atoms with Crippen LogP contribution >= 0.6 is 0 Å². The van der Waals surface area contributed by atoms with Crippen molar-refractivity contribution in [3.63, 3.8) is 0 Å². The van der Waals surface area contributed by atoms with E-state index in [4.69, 9.17) is 0 Å². The van der Waals surface area contributed by atoms with E-state index >= 15 is 0 Å². The Bertz CT molecular complexity index is 2780. The normalized spacial score (nSPS) is 9.91. The quantitative estimate of drug-likeness (QED) is 0.116. The van der Waals surface area contributed by atoms with Crippen LogP contribution in [0.15, 0.2) is 273 Å². The molecule has 0 bridgehead atoms. The first-order chi connectivity index (χ1) is 31.3. The molecule has 12 rings (SSSR count). The Morgan fingerprint density at radius 1 is 0.188 bits per heavy atom. The average molecular weight is 1050 g/mol. The molecule has 6 heteroatoms. The molecule has 0 aliphatic heterocycles. The summed E-state index contributed by atoms with van der Waals surface area (Å²) in [7, 11) is 0. The van der Waals surface area contributed by atoms with E-state index in [0.29, 0.717) is 0 Å². The SMILES string of the molecule is [Cl-].[Cl-].[Cl-].[Ti+2].[Ti+2].[Ti+2].c1ccc(-c2ccc(-c3ccccc3)c3[cH-]ccc23)cc1.c1ccc(-c2ccc(-c3ccccc3)c3[cH-]ccc23)cc1.c1ccc(-c2ccc(-c3ccccc3)c3[cH-]ccc23)cc1. The molecule has 0 fully saturated rings. The Labute approximate surface area is 469 Å². The summed E-state index contributed by atoms with van der Waals surface area (Å²) in [5.74, 6) is 0. The summed E-state index contributed by atoms with van der Waals surface area (Å²) in [5, 5.41) is 7.93. The van der Waals surface area contributed by atoms with Crippen LogP contribution in [0.4, 0.5) is 0 Å². The molecule has 330 valence electrons. The first-order valence-electron chi connectivity index (χ1n) is 21.7. The van der Waals surface area contributed by atoms with Crippen molar-refractivity contribution in [1.29, 1.82) is 0 Å². The molecule has 0 saturated heterocycles. The van der Waals surface area contributed by atoms with Crippen molar-refractivity contribution in [2.24, 2.45) is 0 Å². The molecule has 0 radical (unpaired) electrons. The van der Waals surface area contributed by atoms with Gasteiger partial charge in [-0.3, -0.25) is 0 Å². The molecule has 0 unspecified atom stereocenters. The van der Waals surface area contributed by atoms with E-state index in [1.165, 1.54) is 99.1 Å². The first-order valence-corrected chi connectivity index (χ1v) is 21.7. The first kappa shape index (κ1) is 56.4. The van der Waals surface area contributed by atoms with Gasteiger partial charge >= 0.3 is 65.2 Å². The standard InChI is InChI=1S/3C21H15.3ClH.3Ti/c3*1-3-8-16(9-4-1)18-14-15-19(17-10-5-2-6-11-17)21-13-7-12-20(18)21;;;;;;/h3*1-15H;3*1H;;;/q3*-1;;;;3*+2/p-3. The van der Waals surface area contributed by atoms with Crippen molar-refractivity contribution in [2.45, 2.75) is 0 Å². The van der Waals surface area contributed by atoms with Gasteiger partial charge in [0.15, 0.2) is 0 Å². The summed E-state index contributed by atoms with van der Waals surface area (Å²) in [5.41, 5.74) is 15.4. The molecule has 0 aliphatic rings. The van der Waals surface area contributed by atoms with Gasteiger partial charge in [-0.05, 0) is 16.7 Å². The molecule has 0 saturated carbocycles. The van der Waals surface area contributed by atoms with Gasteiger partial charge in [-0.1, -0.05) is 268 Å². The Kier molecular flexibility index (Phi) is 22.3. The maximum absolute atomic E-state index is 2.24. The van der Waals surface area contributed by atoms with E-state index < -0.39 is 0 Å². The zero-order valence-corrected chi connectivity index (χ0v) is 44.6. The third-order valence-electron chi connectivity index (χ3n) is 11.9. The second kappa shape index (κ2) is 27.3. The Balaban J connectivity index is 0.000000216. The van der Waals surface area contributed by atoms with Crippen molar-refractivity contribution < 1.29 is 102 Å². The van der Waals surface area contributed by atoms with E-state index in [0.717, 1.165) is 0 Å². The van der Waals surface area contributed by atoms with Crippen LogP contribution in [-0.2, 0) is 65.2 Å². The predicted molar refractivity (Wildman–Crippen MR) is 271 cm³/mol. The largest absolute Gasteiger partial charge is 2.00 e. The minimum atomic E-state index is 0. The van der Waals surface area contributed by atoms with Gasteiger partial charge < -0.3 is 37.2 Å². The Hall–Kier alpha value is -5.18. The summed E-state index contributed by atoms with van der Waals surface area (Å²) in [6.45, 7) is 0. The summed E-state index contributed by atoms with van der Waals surface area (Å²) < 4.78 is 0. The van der Waals surface area contributed by atoms with Crippen LogP contribution in [0.5, 0.6) is 0 Å². The van der Waals surface area contributed by atoms with Crippen LogP contribution in [0.1, 0.15) is 0 Å². The molecule has 69 heavy (non-hydrogen) atoms. The minimum absolute atomic E-state index is 0. The van der Waals surface area contributed by atoms with Crippen LogP contribution in [-0.4, -0.2) is 0 Å². The van der Waals surface area contributed by atoms with Crippen LogP contribution in [0.25, 0.3) is 99.1 Å². The number of hydrogen-bond donors (Lipinski definition) is 0. The third kappa shape index (κ3) is 12.6. The van der Waals surface area contributed by atoms with Crippen molar-refractivity contribution in [3.8, 4) is 66.8 Å². The molecular formula is C63H45Cl3Ti3. The van der Waals surface area contributed by atoms with Crippen molar-refractivity contribution in [1.82, 2.24) is 0 Å². The van der Waals surface area contributed by atoms with Gasteiger partial charge in [0.05, 0.1) is 0 Å². The maximum Gasteiger partial charge on any atom is 2.00 e. The monoisotopic (exact) mass is 1050 g/mol. The minimum Gasteiger partial charge on any atom is -1.00 e. The molecule has 0 heterocycles. The summed E-state index contributed by atoms with van der Waals surface area (Å²) >= 11 is 0. The second-order valence-electron chi connectivity index (χ2n) is 15.7. The fourth-order valence-corrected chi connectivity index (χ4v) is 8.92. The summed E-state index contributed by atoms with van der Waals surface area (Å²) in [6, 6.07) is 96.6. The zero-order valence-electron chi connectivity index (χ0n) is 37.6. The predicted octanol–water partition coefficient (Wildman–Crippen LogP) is 8.68. The molecule has 0 N–H and O–H groups in total. The number of fused-ring (bicyclic) bond motifs is 3. The van der Waals surface area contributed by atoms with Crippen LogP contribution in [0.3, 0.4) is 0 Å². The van der Waals surface area contributed by atoms with Crippen LogP contribution < -0.4 is 37.2 Å². The average Bonchev–Trinajstić information content (AvgIpc) is 4.18. The molecule has 0 amide bonds. The second-order valence-corrected chi connectivity index (χ2v) is 15.7. The number of hydrogen-bond acceptors (Lipinski definition) is 0. The van der Waals surface area contributed by atoms with E-state index in [2.05, 4.69) is 273 Å². The fraction of sp³-hybridized carbons (Fsp3) is 0. The van der Waals surface area contributed by atoms with Gasteiger partial charge in [-0.2, -0.15) is 36.4 Å². The van der Waals surface area contributed by atoms with Gasteiger partial charge in [-0.25, -0.2) is 0 Å². The Morgan fingerprint density at radius 2 is 0.362 bits per heavy atom. The Morgan fingerprint density at radius 3 is 0.565 bits per heavy atom. The summed E-state index contributed by atoms with van der Waals surface area (Å²) in [6.07, 6.45) is 0. The van der Waals surface area contributed by atoms with Crippen LogP contribution in [0.2, 0.25) is 0 Å². The fourth-order valence-electron chi connectivity index (χ4n) is 8.92. The van der Waals surface area contributed by atoms with Crippen molar-refractivity contribution >= 4 is 32.3 Å². The maximum atomic E-state index is 2.24. The van der Waals surface area contributed by atoms with Gasteiger partial charge in [0.1, 0.15) is 0 Å². The number of rotatable bonds is 6. The number of halogens is 3. The molecular weight excluding hydrogens is 1010 g/mol. The molecule has 0 nitrogen and oxygen atoms in total. The van der Waals surface area contributed by atoms with Crippen molar-refractivity contribution in [3.05, 3.63) is 273 Å². The van der Waals surface area contributed by atoms with Gasteiger partial charge in [-0.15, -0.1) is 50.5 Å². The molecule has 0 spiro atoms. The third-order valence-corrected chi connectivity index (χ3v) is 11.9. The molecule has 12 aromatic carbocycles. The van der Waals surface area contributed by atoms with Gasteiger partial charge in [0, 0.05) is 0 Å². The van der Waals surface area contributed by atoms with E-state index in [1.807, 2.05) is 0 Å².